The van der Waals surface area contributed by atoms with E-state index in [0.717, 1.165) is 23.8 Å². The maximum atomic E-state index is 13.8. The molecule has 3 N–H and O–H groups in total. The molecule has 0 amide bonds. The monoisotopic (exact) mass is 312 g/mol. The van der Waals surface area contributed by atoms with Crippen molar-refractivity contribution in [1.29, 1.82) is 0 Å². The molecule has 0 saturated heterocycles. The molecule has 1 aliphatic rings. The Morgan fingerprint density at radius 2 is 1.95 bits per heavy atom. The lowest BCUT2D eigenvalue weighted by molar-refractivity contribution is 0.231. The van der Waals surface area contributed by atoms with Gasteiger partial charge in [-0.15, -0.1) is 0 Å². The Morgan fingerprint density at radius 1 is 1.29 bits per heavy atom. The van der Waals surface area contributed by atoms with E-state index in [1.807, 2.05) is 25.6 Å². The molecule has 0 atom stereocenters. The zero-order valence-electron chi connectivity index (χ0n) is 13.0. The van der Waals surface area contributed by atoms with Crippen LogP contribution >= 0.6 is 11.8 Å². The highest BCUT2D eigenvalue weighted by atomic mass is 32.2. The molecule has 0 aliphatic heterocycles. The highest BCUT2D eigenvalue weighted by molar-refractivity contribution is 7.99. The van der Waals surface area contributed by atoms with Gasteiger partial charge in [0.2, 0.25) is 0 Å². The molecule has 1 fully saturated rings. The molecule has 0 spiro atoms. The van der Waals surface area contributed by atoms with Crippen molar-refractivity contribution in [3.63, 3.8) is 0 Å². The molecular weight excluding hydrogens is 287 g/mol. The van der Waals surface area contributed by atoms with Crippen LogP contribution < -0.4 is 15.8 Å². The summed E-state index contributed by atoms with van der Waals surface area (Å²) in [6, 6.07) is 3.44. The maximum absolute atomic E-state index is 13.8. The normalized spacial score (nSPS) is 22.3. The van der Waals surface area contributed by atoms with Crippen LogP contribution in [0.3, 0.4) is 0 Å². The van der Waals surface area contributed by atoms with Crippen molar-refractivity contribution in [2.75, 3.05) is 17.3 Å². The summed E-state index contributed by atoms with van der Waals surface area (Å²) in [7, 11) is 0. The zero-order valence-corrected chi connectivity index (χ0v) is 13.8. The molecule has 1 aromatic rings. The van der Waals surface area contributed by atoms with Crippen LogP contribution in [0.1, 0.15) is 39.5 Å². The highest BCUT2D eigenvalue weighted by Crippen LogP contribution is 2.33. The number of benzene rings is 1. The van der Waals surface area contributed by atoms with E-state index in [1.165, 1.54) is 18.9 Å². The van der Waals surface area contributed by atoms with Crippen molar-refractivity contribution in [3.05, 3.63) is 17.9 Å². The smallest absolute Gasteiger partial charge is 0.167 e. The predicted octanol–water partition coefficient (Wildman–Crippen LogP) is 4.28. The fraction of sp³-hybridized carbons (Fsp3) is 0.625. The Bertz CT molecular complexity index is 474. The maximum Gasteiger partial charge on any atom is 0.167 e. The first-order valence-electron chi connectivity index (χ1n) is 7.54. The summed E-state index contributed by atoms with van der Waals surface area (Å²) < 4.78 is 19.3. The molecule has 0 aromatic heterocycles. The second-order valence-electron chi connectivity index (χ2n) is 5.89. The molecule has 2 rings (SSSR count). The molecular formula is C16H25FN2OS. The molecule has 5 heteroatoms. The van der Waals surface area contributed by atoms with Crippen LogP contribution in [0.2, 0.25) is 0 Å². The van der Waals surface area contributed by atoms with Crippen LogP contribution in [0.15, 0.2) is 12.1 Å². The molecule has 1 aliphatic carbocycles. The van der Waals surface area contributed by atoms with E-state index in [0.29, 0.717) is 11.7 Å². The van der Waals surface area contributed by atoms with Crippen molar-refractivity contribution in [2.24, 2.45) is 0 Å². The van der Waals surface area contributed by atoms with Gasteiger partial charge in [-0.2, -0.15) is 11.8 Å². The highest BCUT2D eigenvalue weighted by Gasteiger charge is 2.21. The fourth-order valence-corrected chi connectivity index (χ4v) is 3.44. The quantitative estimate of drug-likeness (QED) is 0.797. The first-order chi connectivity index (χ1) is 9.99. The number of halogens is 1. The van der Waals surface area contributed by atoms with E-state index in [9.17, 15) is 4.39 Å². The molecule has 0 radical (unpaired) electrons. The lowest BCUT2D eigenvalue weighted by Crippen LogP contribution is -2.27. The second kappa shape index (κ2) is 7.25. The van der Waals surface area contributed by atoms with E-state index in [2.05, 4.69) is 11.6 Å². The van der Waals surface area contributed by atoms with Gasteiger partial charge in [0.15, 0.2) is 11.6 Å². The Labute approximate surface area is 130 Å². The number of thioether (sulfide) groups is 1. The van der Waals surface area contributed by atoms with Crippen molar-refractivity contribution >= 4 is 23.1 Å². The average Bonchev–Trinajstić information content (AvgIpc) is 2.44. The largest absolute Gasteiger partial charge is 0.488 e. The van der Waals surface area contributed by atoms with Gasteiger partial charge in [-0.25, -0.2) is 4.39 Å². The third-order valence-corrected chi connectivity index (χ3v) is 4.97. The Morgan fingerprint density at radius 3 is 2.52 bits per heavy atom. The first-order valence-corrected chi connectivity index (χ1v) is 8.83. The third-order valence-electron chi connectivity index (χ3n) is 3.83. The molecule has 21 heavy (non-hydrogen) atoms. The molecule has 3 nitrogen and oxygen atoms in total. The Kier molecular flexibility index (Phi) is 5.62. The van der Waals surface area contributed by atoms with Gasteiger partial charge in [-0.1, -0.05) is 0 Å². The summed E-state index contributed by atoms with van der Waals surface area (Å²) in [6.45, 7) is 3.76. The van der Waals surface area contributed by atoms with Gasteiger partial charge < -0.3 is 15.8 Å². The fourth-order valence-electron chi connectivity index (χ4n) is 2.70. The van der Waals surface area contributed by atoms with Crippen LogP contribution in [-0.4, -0.2) is 23.7 Å². The minimum Gasteiger partial charge on any atom is -0.488 e. The molecule has 0 heterocycles. The molecule has 1 aromatic carbocycles. The molecule has 1 saturated carbocycles. The minimum absolute atomic E-state index is 0.0620. The third kappa shape index (κ3) is 4.43. The summed E-state index contributed by atoms with van der Waals surface area (Å²) in [5.41, 5.74) is 7.15. The number of hydrogen-bond donors (Lipinski definition) is 2. The molecule has 0 bridgehead atoms. The summed E-state index contributed by atoms with van der Waals surface area (Å²) in [4.78, 5) is 0. The summed E-state index contributed by atoms with van der Waals surface area (Å²) in [5, 5.41) is 4.23. The predicted molar refractivity (Wildman–Crippen MR) is 89.8 cm³/mol. The van der Waals surface area contributed by atoms with Crippen LogP contribution in [-0.2, 0) is 0 Å². The molecule has 118 valence electrons. The number of rotatable bonds is 5. The van der Waals surface area contributed by atoms with Crippen LogP contribution in [0, 0.1) is 5.82 Å². The molecule has 0 unspecified atom stereocenters. The van der Waals surface area contributed by atoms with Gasteiger partial charge in [0, 0.05) is 23.4 Å². The summed E-state index contributed by atoms with van der Waals surface area (Å²) in [6.07, 6.45) is 6.80. The number of anilines is 2. The lowest BCUT2D eigenvalue weighted by Gasteiger charge is -2.29. The zero-order chi connectivity index (χ0) is 15.4. The van der Waals surface area contributed by atoms with Crippen LogP contribution in [0.4, 0.5) is 15.8 Å². The lowest BCUT2D eigenvalue weighted by atomic mass is 9.94. The summed E-state index contributed by atoms with van der Waals surface area (Å²) in [5.74, 6) is -0.141. The van der Waals surface area contributed by atoms with Crippen LogP contribution in [0.5, 0.6) is 5.75 Å². The van der Waals surface area contributed by atoms with Crippen molar-refractivity contribution in [2.45, 2.75) is 56.9 Å². The number of nitrogen functional groups attached to an aromatic ring is 1. The number of nitrogens with two attached hydrogens (primary N) is 1. The average molecular weight is 312 g/mol. The van der Waals surface area contributed by atoms with Gasteiger partial charge in [0.05, 0.1) is 17.5 Å². The van der Waals surface area contributed by atoms with E-state index in [-0.39, 0.29) is 11.9 Å². The topological polar surface area (TPSA) is 47.3 Å². The standard InChI is InChI=1S/C16H25FN2OS/c1-10(2)20-16-9-15(14(18)8-13(16)17)19-11-4-6-12(21-3)7-5-11/h8-12,19H,4-7,18H2,1-3H3. The summed E-state index contributed by atoms with van der Waals surface area (Å²) >= 11 is 1.95. The van der Waals surface area contributed by atoms with Gasteiger partial charge >= 0.3 is 0 Å². The SMILES string of the molecule is CSC1CCC(Nc2cc(OC(C)C)c(F)cc2N)CC1. The number of ether oxygens (including phenoxy) is 1. The number of hydrogen-bond acceptors (Lipinski definition) is 4. The second-order valence-corrected chi connectivity index (χ2v) is 7.03. The van der Waals surface area contributed by atoms with Gasteiger partial charge in [-0.05, 0) is 45.8 Å². The van der Waals surface area contributed by atoms with E-state index in [1.54, 1.807) is 6.07 Å². The van der Waals surface area contributed by atoms with Crippen molar-refractivity contribution < 1.29 is 9.13 Å². The van der Waals surface area contributed by atoms with E-state index < -0.39 is 5.82 Å². The van der Waals surface area contributed by atoms with Crippen molar-refractivity contribution in [1.82, 2.24) is 0 Å². The van der Waals surface area contributed by atoms with Crippen LogP contribution in [0.25, 0.3) is 0 Å². The van der Waals surface area contributed by atoms with Gasteiger partial charge in [-0.3, -0.25) is 0 Å². The number of nitrogens with one attached hydrogen (secondary N) is 1. The van der Waals surface area contributed by atoms with E-state index in [4.69, 9.17) is 10.5 Å². The van der Waals surface area contributed by atoms with Gasteiger partial charge in [0.25, 0.3) is 0 Å². The minimum atomic E-state index is -0.405. The first kappa shape index (κ1) is 16.3. The van der Waals surface area contributed by atoms with Gasteiger partial charge in [0.1, 0.15) is 0 Å². The van der Waals surface area contributed by atoms with Crippen molar-refractivity contribution in [3.8, 4) is 5.75 Å². The Balaban J connectivity index is 2.05. The Hall–Kier alpha value is -1.10. The van der Waals surface area contributed by atoms with E-state index >= 15 is 0 Å².